The van der Waals surface area contributed by atoms with Crippen LogP contribution in [-0.2, 0) is 4.79 Å². The van der Waals surface area contributed by atoms with E-state index in [0.29, 0.717) is 0 Å². The Hall–Kier alpha value is -2.31. The molecule has 0 unspecified atom stereocenters. The Kier molecular flexibility index (Phi) is 6.36. The maximum atomic E-state index is 13.6. The standard InChI is InChI=1S/C16H24FN3O3/c1-10(19-15(18)22)14(21)20-13(16(2,3)4)9-23-12-8-6-5-7-11(12)17/h5-8,10,13H,9H2,1-4H3,(H,20,21)(H3,18,19,22)/t10-,13+/m1/s1. The van der Waals surface area contributed by atoms with Gasteiger partial charge < -0.3 is 21.1 Å². The number of benzene rings is 1. The monoisotopic (exact) mass is 325 g/mol. The van der Waals surface area contributed by atoms with E-state index in [4.69, 9.17) is 10.5 Å². The Morgan fingerprint density at radius 2 is 1.87 bits per heavy atom. The number of rotatable bonds is 6. The minimum absolute atomic E-state index is 0.0967. The summed E-state index contributed by atoms with van der Waals surface area (Å²) in [4.78, 5) is 22.9. The molecule has 0 heterocycles. The van der Waals surface area contributed by atoms with Crippen molar-refractivity contribution in [1.82, 2.24) is 10.6 Å². The van der Waals surface area contributed by atoms with Gasteiger partial charge in [-0.3, -0.25) is 4.79 Å². The van der Waals surface area contributed by atoms with E-state index in [2.05, 4.69) is 10.6 Å². The van der Waals surface area contributed by atoms with Gasteiger partial charge in [-0.1, -0.05) is 32.9 Å². The number of ether oxygens (including phenoxy) is 1. The molecule has 0 aromatic heterocycles. The van der Waals surface area contributed by atoms with Crippen LogP contribution in [0.5, 0.6) is 5.75 Å². The van der Waals surface area contributed by atoms with Gasteiger partial charge in [0.2, 0.25) is 5.91 Å². The van der Waals surface area contributed by atoms with Gasteiger partial charge in [0.15, 0.2) is 11.6 Å². The number of halogens is 1. The van der Waals surface area contributed by atoms with E-state index in [-0.39, 0.29) is 29.7 Å². The number of nitrogens with one attached hydrogen (secondary N) is 2. The number of carbonyl (C=O) groups excluding carboxylic acids is 2. The summed E-state index contributed by atoms with van der Waals surface area (Å²) in [7, 11) is 0. The molecular formula is C16H24FN3O3. The first-order valence-electron chi connectivity index (χ1n) is 7.35. The molecule has 0 aliphatic carbocycles. The van der Waals surface area contributed by atoms with Gasteiger partial charge in [-0.2, -0.15) is 0 Å². The van der Waals surface area contributed by atoms with Crippen molar-refractivity contribution in [3.8, 4) is 5.75 Å². The molecule has 0 saturated heterocycles. The number of nitrogens with two attached hydrogens (primary N) is 1. The zero-order chi connectivity index (χ0) is 17.6. The van der Waals surface area contributed by atoms with Gasteiger partial charge in [0, 0.05) is 0 Å². The van der Waals surface area contributed by atoms with Crippen molar-refractivity contribution in [2.24, 2.45) is 11.1 Å². The Balaban J connectivity index is 2.72. The molecular weight excluding hydrogens is 301 g/mol. The summed E-state index contributed by atoms with van der Waals surface area (Å²) in [6.45, 7) is 7.40. The highest BCUT2D eigenvalue weighted by atomic mass is 19.1. The molecule has 0 spiro atoms. The smallest absolute Gasteiger partial charge is 0.312 e. The van der Waals surface area contributed by atoms with Gasteiger partial charge in [0.1, 0.15) is 12.6 Å². The number of primary amides is 1. The summed E-state index contributed by atoms with van der Waals surface area (Å²) in [5.41, 5.74) is 4.68. The average Bonchev–Trinajstić information content (AvgIpc) is 2.42. The lowest BCUT2D eigenvalue weighted by Crippen LogP contribution is -2.54. The maximum absolute atomic E-state index is 13.6. The number of amides is 3. The second-order valence-electron chi connectivity index (χ2n) is 6.40. The number of para-hydroxylation sites is 1. The van der Waals surface area contributed by atoms with Crippen LogP contribution in [0.25, 0.3) is 0 Å². The molecule has 6 nitrogen and oxygen atoms in total. The zero-order valence-electron chi connectivity index (χ0n) is 13.9. The minimum atomic E-state index is -0.775. The highest BCUT2D eigenvalue weighted by Crippen LogP contribution is 2.22. The normalized spacial score (nSPS) is 13.8. The SMILES string of the molecule is C[C@@H](NC(N)=O)C(=O)N[C@@H](COc1ccccc1F)C(C)(C)C. The summed E-state index contributed by atoms with van der Waals surface area (Å²) >= 11 is 0. The van der Waals surface area contributed by atoms with Crippen LogP contribution in [-0.4, -0.2) is 30.6 Å². The molecule has 128 valence electrons. The third-order valence-corrected chi connectivity index (χ3v) is 3.36. The first kappa shape index (κ1) is 18.7. The van der Waals surface area contributed by atoms with Gasteiger partial charge in [0.25, 0.3) is 0 Å². The minimum Gasteiger partial charge on any atom is -0.488 e. The first-order valence-corrected chi connectivity index (χ1v) is 7.35. The van der Waals surface area contributed by atoms with E-state index in [1.807, 2.05) is 20.8 Å². The fourth-order valence-electron chi connectivity index (χ4n) is 1.82. The van der Waals surface area contributed by atoms with Crippen molar-refractivity contribution in [2.45, 2.75) is 39.8 Å². The first-order chi connectivity index (χ1) is 10.6. The molecule has 4 N–H and O–H groups in total. The molecule has 1 aromatic rings. The van der Waals surface area contributed by atoms with Gasteiger partial charge in [-0.25, -0.2) is 9.18 Å². The molecule has 1 rings (SSSR count). The second kappa shape index (κ2) is 7.80. The molecule has 0 radical (unpaired) electrons. The fraction of sp³-hybridized carbons (Fsp3) is 0.500. The van der Waals surface area contributed by atoms with Crippen molar-refractivity contribution in [2.75, 3.05) is 6.61 Å². The largest absolute Gasteiger partial charge is 0.488 e. The average molecular weight is 325 g/mol. The highest BCUT2D eigenvalue weighted by molar-refractivity contribution is 5.86. The Morgan fingerprint density at radius 3 is 2.39 bits per heavy atom. The van der Waals surface area contributed by atoms with Crippen LogP contribution >= 0.6 is 0 Å². The second-order valence-corrected chi connectivity index (χ2v) is 6.40. The Bertz CT molecular complexity index is 558. The molecule has 0 aliphatic rings. The van der Waals surface area contributed by atoms with Crippen LogP contribution in [0.2, 0.25) is 0 Å². The Morgan fingerprint density at radius 1 is 1.26 bits per heavy atom. The molecule has 3 amide bonds. The van der Waals surface area contributed by atoms with E-state index in [9.17, 15) is 14.0 Å². The third-order valence-electron chi connectivity index (χ3n) is 3.36. The topological polar surface area (TPSA) is 93.5 Å². The molecule has 0 aliphatic heterocycles. The van der Waals surface area contributed by atoms with Crippen molar-refractivity contribution in [1.29, 1.82) is 0 Å². The lowest BCUT2D eigenvalue weighted by molar-refractivity contribution is -0.124. The quantitative estimate of drug-likeness (QED) is 0.744. The predicted molar refractivity (Wildman–Crippen MR) is 85.5 cm³/mol. The van der Waals surface area contributed by atoms with E-state index in [1.165, 1.54) is 19.1 Å². The summed E-state index contributed by atoms with van der Waals surface area (Å²) in [6.07, 6.45) is 0. The van der Waals surface area contributed by atoms with Gasteiger partial charge in [-0.15, -0.1) is 0 Å². The van der Waals surface area contributed by atoms with Crippen LogP contribution in [0.4, 0.5) is 9.18 Å². The molecule has 23 heavy (non-hydrogen) atoms. The summed E-state index contributed by atoms with van der Waals surface area (Å²) in [6, 6.07) is 4.14. The number of hydrogen-bond acceptors (Lipinski definition) is 3. The molecule has 0 fully saturated rings. The maximum Gasteiger partial charge on any atom is 0.312 e. The highest BCUT2D eigenvalue weighted by Gasteiger charge is 2.29. The lowest BCUT2D eigenvalue weighted by atomic mass is 9.87. The van der Waals surface area contributed by atoms with Crippen LogP contribution in [0.1, 0.15) is 27.7 Å². The molecule has 2 atom stereocenters. The fourth-order valence-corrected chi connectivity index (χ4v) is 1.82. The summed E-state index contributed by atoms with van der Waals surface area (Å²) < 4.78 is 19.1. The molecule has 1 aromatic carbocycles. The van der Waals surface area contributed by atoms with Gasteiger partial charge in [-0.05, 0) is 24.5 Å². The van der Waals surface area contributed by atoms with E-state index < -0.39 is 17.9 Å². The van der Waals surface area contributed by atoms with Crippen LogP contribution in [0.15, 0.2) is 24.3 Å². The van der Waals surface area contributed by atoms with Crippen molar-refractivity contribution < 1.29 is 18.7 Å². The number of carbonyl (C=O) groups is 2. The third kappa shape index (κ3) is 6.14. The number of urea groups is 1. The molecule has 7 heteroatoms. The Labute approximate surface area is 135 Å². The van der Waals surface area contributed by atoms with E-state index >= 15 is 0 Å². The van der Waals surface area contributed by atoms with Crippen molar-refractivity contribution >= 4 is 11.9 Å². The predicted octanol–water partition coefficient (Wildman–Crippen LogP) is 1.79. The lowest BCUT2D eigenvalue weighted by Gasteiger charge is -2.32. The van der Waals surface area contributed by atoms with E-state index in [1.54, 1.807) is 12.1 Å². The van der Waals surface area contributed by atoms with E-state index in [0.717, 1.165) is 0 Å². The molecule has 0 bridgehead atoms. The van der Waals surface area contributed by atoms with Crippen LogP contribution in [0, 0.1) is 11.2 Å². The van der Waals surface area contributed by atoms with Crippen molar-refractivity contribution in [3.63, 3.8) is 0 Å². The van der Waals surface area contributed by atoms with Crippen LogP contribution < -0.4 is 21.1 Å². The van der Waals surface area contributed by atoms with Gasteiger partial charge in [0.05, 0.1) is 6.04 Å². The van der Waals surface area contributed by atoms with Crippen molar-refractivity contribution in [3.05, 3.63) is 30.1 Å². The van der Waals surface area contributed by atoms with Crippen LogP contribution in [0.3, 0.4) is 0 Å². The summed E-state index contributed by atoms with van der Waals surface area (Å²) in [5.74, 6) is -0.726. The zero-order valence-corrected chi connectivity index (χ0v) is 13.9. The number of hydrogen-bond donors (Lipinski definition) is 3. The molecule has 0 saturated carbocycles. The van der Waals surface area contributed by atoms with Gasteiger partial charge >= 0.3 is 6.03 Å². The summed E-state index contributed by atoms with van der Waals surface area (Å²) in [5, 5.41) is 5.10.